The maximum absolute atomic E-state index is 13.4. The summed E-state index contributed by atoms with van der Waals surface area (Å²) in [4.78, 5) is 26.2. The van der Waals surface area contributed by atoms with Crippen LogP contribution in [0.5, 0.6) is 5.88 Å². The number of unbranched alkanes of at least 4 members (excludes halogenated alkanes) is 3. The van der Waals surface area contributed by atoms with Gasteiger partial charge in [-0.1, -0.05) is 47.5 Å². The van der Waals surface area contributed by atoms with Crippen molar-refractivity contribution in [2.24, 2.45) is 0 Å². The number of hydrogen-bond acceptors (Lipinski definition) is 8. The number of H-pyrrole nitrogens is 1. The lowest BCUT2D eigenvalue weighted by atomic mass is 9.80. The van der Waals surface area contributed by atoms with Gasteiger partial charge in [0.2, 0.25) is 5.88 Å². The molecule has 0 aliphatic carbocycles. The van der Waals surface area contributed by atoms with E-state index in [1.54, 1.807) is 32.0 Å². The van der Waals surface area contributed by atoms with Crippen molar-refractivity contribution in [1.29, 1.82) is 0 Å². The Labute approximate surface area is 255 Å². The molecule has 0 saturated heterocycles. The number of halogens is 2. The molecular weight excluding hydrogens is 579 g/mol. The van der Waals surface area contributed by atoms with Gasteiger partial charge in [0.05, 0.1) is 53.1 Å². The lowest BCUT2D eigenvalue weighted by Crippen LogP contribution is -2.32. The van der Waals surface area contributed by atoms with Crippen LogP contribution in [0.2, 0.25) is 10.0 Å². The average Bonchev–Trinajstić information content (AvgIpc) is 3.44. The van der Waals surface area contributed by atoms with Crippen molar-refractivity contribution >= 4 is 40.8 Å². The molecule has 4 rings (SSSR count). The fraction of sp³-hybridized carbons (Fsp3) is 0.323. The Bertz CT molecular complexity index is 1500. The van der Waals surface area contributed by atoms with Crippen LogP contribution in [0.1, 0.15) is 51.0 Å². The van der Waals surface area contributed by atoms with Crippen LogP contribution in [0.4, 0.5) is 5.69 Å². The van der Waals surface area contributed by atoms with E-state index in [-0.39, 0.29) is 22.8 Å². The summed E-state index contributed by atoms with van der Waals surface area (Å²) in [6.45, 7) is 4.26. The second-order valence-corrected chi connectivity index (χ2v) is 10.7. The lowest BCUT2D eigenvalue weighted by Gasteiger charge is -2.30. The van der Waals surface area contributed by atoms with Crippen LogP contribution in [0.25, 0.3) is 11.3 Å². The minimum atomic E-state index is -0.794. The number of nitrogen functional groups attached to an aromatic ring is 1. The Morgan fingerprint density at radius 3 is 2.29 bits per heavy atom. The summed E-state index contributed by atoms with van der Waals surface area (Å²) >= 11 is 12.8. The third-order valence-electron chi connectivity index (χ3n) is 6.98. The highest BCUT2D eigenvalue weighted by molar-refractivity contribution is 6.42. The third kappa shape index (κ3) is 7.27. The minimum Gasteiger partial charge on any atom is -0.477 e. The fourth-order valence-electron chi connectivity index (χ4n) is 4.86. The summed E-state index contributed by atoms with van der Waals surface area (Å²) in [6, 6.07) is 14.5. The molecule has 1 aliphatic heterocycles. The molecule has 0 saturated carbocycles. The zero-order valence-corrected chi connectivity index (χ0v) is 25.3. The van der Waals surface area contributed by atoms with Crippen molar-refractivity contribution < 1.29 is 23.8 Å². The predicted octanol–water partition coefficient (Wildman–Crippen LogP) is 6.56. The summed E-state index contributed by atoms with van der Waals surface area (Å²) < 4.78 is 16.5. The second-order valence-electron chi connectivity index (χ2n) is 9.91. The molecular formula is C31H34Cl2N4O5. The van der Waals surface area contributed by atoms with Crippen LogP contribution in [0, 0.1) is 0 Å². The molecule has 1 atom stereocenters. The standard InChI is InChI=1S/C31H34Cl2N4O5/c1-18-26(30(38)40-3)28(22-9-8-10-23(32)29(22)33)27(19(2)35-18)31(39)42-16-7-5-4-6-15-41-25-17-24(36-37-25)20-11-13-21(34)14-12-20/h8-14,17,28,35H,4-7,15-16,34H2,1-3H3,(H,36,37). The van der Waals surface area contributed by atoms with Crippen molar-refractivity contribution in [2.45, 2.75) is 45.4 Å². The van der Waals surface area contributed by atoms with E-state index < -0.39 is 17.9 Å². The van der Waals surface area contributed by atoms with Gasteiger partial charge in [-0.05, 0) is 68.9 Å². The maximum Gasteiger partial charge on any atom is 0.336 e. The molecule has 2 aromatic carbocycles. The molecule has 3 aromatic rings. The molecule has 0 bridgehead atoms. The number of esters is 2. The number of anilines is 1. The van der Waals surface area contributed by atoms with Crippen LogP contribution >= 0.6 is 23.2 Å². The average molecular weight is 614 g/mol. The lowest BCUT2D eigenvalue weighted by molar-refractivity contribution is -0.139. The highest BCUT2D eigenvalue weighted by atomic mass is 35.5. The molecule has 9 nitrogen and oxygen atoms in total. The Hall–Kier alpha value is -3.95. The van der Waals surface area contributed by atoms with E-state index in [9.17, 15) is 9.59 Å². The normalized spacial score (nSPS) is 14.9. The number of rotatable bonds is 12. The first-order valence-corrected chi connectivity index (χ1v) is 14.4. The molecule has 2 heterocycles. The van der Waals surface area contributed by atoms with Crippen LogP contribution in [0.15, 0.2) is 71.1 Å². The van der Waals surface area contributed by atoms with Gasteiger partial charge in [-0.25, -0.2) is 9.59 Å². The number of nitrogens with two attached hydrogens (primary N) is 1. The van der Waals surface area contributed by atoms with E-state index in [0.717, 1.165) is 30.5 Å². The van der Waals surface area contributed by atoms with Gasteiger partial charge in [0.15, 0.2) is 0 Å². The number of benzene rings is 2. The monoisotopic (exact) mass is 612 g/mol. The smallest absolute Gasteiger partial charge is 0.336 e. The number of dihydropyridines is 1. The summed E-state index contributed by atoms with van der Waals surface area (Å²) in [5.74, 6) is -1.37. The van der Waals surface area contributed by atoms with Crippen molar-refractivity contribution in [3.63, 3.8) is 0 Å². The number of nitrogens with zero attached hydrogens (tertiary/aromatic N) is 1. The van der Waals surface area contributed by atoms with Crippen molar-refractivity contribution in [3.05, 3.63) is 86.7 Å². The van der Waals surface area contributed by atoms with Gasteiger partial charge in [-0.2, -0.15) is 0 Å². The molecule has 4 N–H and O–H groups in total. The maximum atomic E-state index is 13.4. The van der Waals surface area contributed by atoms with Gasteiger partial charge in [0.1, 0.15) is 0 Å². The van der Waals surface area contributed by atoms with Gasteiger partial charge >= 0.3 is 11.9 Å². The number of aromatic nitrogens is 2. The molecule has 0 radical (unpaired) electrons. The highest BCUT2D eigenvalue weighted by Gasteiger charge is 2.39. The van der Waals surface area contributed by atoms with Crippen LogP contribution < -0.4 is 15.8 Å². The molecule has 0 spiro atoms. The Morgan fingerprint density at radius 2 is 1.60 bits per heavy atom. The Balaban J connectivity index is 1.28. The number of allylic oxidation sites excluding steroid dienone is 2. The number of aromatic amines is 1. The van der Waals surface area contributed by atoms with Crippen LogP contribution in [-0.2, 0) is 19.1 Å². The first kappa shape index (κ1) is 31.0. The second kappa shape index (κ2) is 14.3. The van der Waals surface area contributed by atoms with Gasteiger partial charge < -0.3 is 25.3 Å². The van der Waals surface area contributed by atoms with Gasteiger partial charge in [-0.3, -0.25) is 5.10 Å². The number of carbonyl (C=O) groups excluding carboxylic acids is 2. The molecule has 222 valence electrons. The van der Waals surface area contributed by atoms with E-state index >= 15 is 0 Å². The zero-order valence-electron chi connectivity index (χ0n) is 23.8. The fourth-order valence-corrected chi connectivity index (χ4v) is 5.28. The van der Waals surface area contributed by atoms with E-state index in [0.29, 0.717) is 46.6 Å². The first-order chi connectivity index (χ1) is 20.2. The van der Waals surface area contributed by atoms with E-state index in [2.05, 4.69) is 15.5 Å². The molecule has 1 unspecified atom stereocenters. The molecule has 1 aromatic heterocycles. The molecule has 0 fully saturated rings. The SMILES string of the molecule is COC(=O)C1=C(C)NC(C)=C(C(=O)OCCCCCCOc2cc(-c3ccc(N)cc3)[nH]n2)C1c1cccc(Cl)c1Cl. The van der Waals surface area contributed by atoms with Crippen LogP contribution in [-0.4, -0.2) is 42.5 Å². The molecule has 11 heteroatoms. The highest BCUT2D eigenvalue weighted by Crippen LogP contribution is 2.43. The molecule has 1 aliphatic rings. The van der Waals surface area contributed by atoms with Gasteiger partial charge in [0, 0.05) is 23.1 Å². The Morgan fingerprint density at radius 1 is 0.929 bits per heavy atom. The quantitative estimate of drug-likeness (QED) is 0.119. The van der Waals surface area contributed by atoms with E-state index in [1.807, 2.05) is 30.3 Å². The van der Waals surface area contributed by atoms with Gasteiger partial charge in [0.25, 0.3) is 0 Å². The summed E-state index contributed by atoms with van der Waals surface area (Å²) in [7, 11) is 1.29. The summed E-state index contributed by atoms with van der Waals surface area (Å²) in [5, 5.41) is 10.9. The summed E-state index contributed by atoms with van der Waals surface area (Å²) in [6.07, 6.45) is 3.25. The number of nitrogens with one attached hydrogen (secondary N) is 2. The van der Waals surface area contributed by atoms with E-state index in [1.165, 1.54) is 7.11 Å². The largest absolute Gasteiger partial charge is 0.477 e. The molecule has 0 amide bonds. The molecule has 42 heavy (non-hydrogen) atoms. The third-order valence-corrected chi connectivity index (χ3v) is 7.81. The van der Waals surface area contributed by atoms with Crippen molar-refractivity contribution in [3.8, 4) is 17.1 Å². The first-order valence-electron chi connectivity index (χ1n) is 13.6. The topological polar surface area (TPSA) is 129 Å². The Kier molecular flexibility index (Phi) is 10.5. The number of hydrogen-bond donors (Lipinski definition) is 3. The number of ether oxygens (including phenoxy) is 3. The number of carbonyl (C=O) groups is 2. The predicted molar refractivity (Wildman–Crippen MR) is 163 cm³/mol. The van der Waals surface area contributed by atoms with Gasteiger partial charge in [-0.15, -0.1) is 5.10 Å². The number of methoxy groups -OCH3 is 1. The zero-order chi connectivity index (χ0) is 30.2. The summed E-state index contributed by atoms with van der Waals surface area (Å²) in [5.41, 5.74) is 10.5. The van der Waals surface area contributed by atoms with Crippen molar-refractivity contribution in [2.75, 3.05) is 26.1 Å². The van der Waals surface area contributed by atoms with Crippen LogP contribution in [0.3, 0.4) is 0 Å². The van der Waals surface area contributed by atoms with E-state index in [4.69, 9.17) is 43.1 Å². The van der Waals surface area contributed by atoms with Crippen molar-refractivity contribution in [1.82, 2.24) is 15.5 Å². The minimum absolute atomic E-state index is 0.229.